The molecule has 1 aliphatic heterocycles. The second-order valence-electron chi connectivity index (χ2n) is 9.19. The molecule has 1 aliphatic rings. The predicted molar refractivity (Wildman–Crippen MR) is 155 cm³/mol. The largest absolute Gasteiger partial charge is 0.491 e. The number of halogens is 1. The first-order chi connectivity index (χ1) is 19.1. The lowest BCUT2D eigenvalue weighted by Gasteiger charge is -2.28. The van der Waals surface area contributed by atoms with Gasteiger partial charge in [0.05, 0.1) is 16.8 Å². The number of fused-ring (bicyclic) bond motifs is 2. The van der Waals surface area contributed by atoms with Crippen molar-refractivity contribution < 1.29 is 9.13 Å². The van der Waals surface area contributed by atoms with Gasteiger partial charge in [-0.1, -0.05) is 29.4 Å². The molecule has 4 heterocycles. The summed E-state index contributed by atoms with van der Waals surface area (Å²) in [5, 5.41) is 14.2. The van der Waals surface area contributed by atoms with Crippen molar-refractivity contribution >= 4 is 54.8 Å². The average molecular weight is 557 g/mol. The Labute approximate surface area is 233 Å². The minimum atomic E-state index is -0.441. The highest BCUT2D eigenvalue weighted by atomic mass is 32.1. The lowest BCUT2D eigenvalue weighted by molar-refractivity contribution is 0.296. The van der Waals surface area contributed by atoms with Crippen molar-refractivity contribution in [1.82, 2.24) is 20.2 Å². The first-order valence-electron chi connectivity index (χ1n) is 12.7. The van der Waals surface area contributed by atoms with E-state index in [9.17, 15) is 4.39 Å². The SMILES string of the molecule is C#Cc1ccc(OCCCc2cnc(N3CCCc4c3nnc(Nc3nc5ccccc5s3)c4C)s2)c(F)c1. The Bertz CT molecular complexity index is 1660. The molecule has 1 N–H and O–H groups in total. The predicted octanol–water partition coefficient (Wildman–Crippen LogP) is 6.81. The van der Waals surface area contributed by atoms with Crippen LogP contribution in [0, 0.1) is 25.1 Å². The Hall–Kier alpha value is -4.07. The van der Waals surface area contributed by atoms with E-state index < -0.39 is 5.82 Å². The monoisotopic (exact) mass is 556 g/mol. The van der Waals surface area contributed by atoms with Crippen LogP contribution in [0.25, 0.3) is 10.2 Å². The summed E-state index contributed by atoms with van der Waals surface area (Å²) in [6.45, 7) is 3.33. The molecule has 39 heavy (non-hydrogen) atoms. The fourth-order valence-electron chi connectivity index (χ4n) is 4.59. The molecular formula is C29H25FN6OS2. The number of thiazole rings is 2. The second-order valence-corrected chi connectivity index (χ2v) is 11.3. The summed E-state index contributed by atoms with van der Waals surface area (Å²) in [5.74, 6) is 3.80. The van der Waals surface area contributed by atoms with Crippen LogP contribution in [0.2, 0.25) is 0 Å². The number of ether oxygens (including phenoxy) is 1. The quantitative estimate of drug-likeness (QED) is 0.166. The Balaban J connectivity index is 1.11. The van der Waals surface area contributed by atoms with Crippen molar-refractivity contribution in [3.8, 4) is 18.1 Å². The van der Waals surface area contributed by atoms with Gasteiger partial charge in [-0.15, -0.1) is 28.0 Å². The van der Waals surface area contributed by atoms with Gasteiger partial charge in [0, 0.05) is 34.3 Å². The van der Waals surface area contributed by atoms with Gasteiger partial charge < -0.3 is 15.0 Å². The number of aryl methyl sites for hydroxylation is 1. The maximum atomic E-state index is 14.1. The number of nitrogens with zero attached hydrogens (tertiary/aromatic N) is 5. The fraction of sp³-hybridized carbons (Fsp3) is 0.241. The molecule has 196 valence electrons. The Morgan fingerprint density at radius 1 is 1.18 bits per heavy atom. The smallest absolute Gasteiger partial charge is 0.191 e. The molecule has 0 radical (unpaired) electrons. The van der Waals surface area contributed by atoms with Crippen LogP contribution < -0.4 is 15.0 Å². The summed E-state index contributed by atoms with van der Waals surface area (Å²) >= 11 is 3.25. The topological polar surface area (TPSA) is 76.1 Å². The van der Waals surface area contributed by atoms with E-state index in [-0.39, 0.29) is 5.75 Å². The zero-order valence-electron chi connectivity index (χ0n) is 21.3. The molecular weight excluding hydrogens is 531 g/mol. The molecule has 0 spiro atoms. The number of rotatable bonds is 8. The Morgan fingerprint density at radius 2 is 2.08 bits per heavy atom. The van der Waals surface area contributed by atoms with Crippen LogP contribution in [0.4, 0.5) is 26.3 Å². The van der Waals surface area contributed by atoms with Crippen molar-refractivity contribution in [3.05, 3.63) is 76.0 Å². The van der Waals surface area contributed by atoms with Crippen LogP contribution in [0.1, 0.15) is 34.4 Å². The molecule has 3 aromatic heterocycles. The first-order valence-corrected chi connectivity index (χ1v) is 14.3. The molecule has 6 rings (SSSR count). The summed E-state index contributed by atoms with van der Waals surface area (Å²) in [4.78, 5) is 12.7. The summed E-state index contributed by atoms with van der Waals surface area (Å²) in [6.07, 6.45) is 10.7. The number of hydrogen-bond acceptors (Lipinski definition) is 9. The molecule has 0 atom stereocenters. The number of benzene rings is 2. The fourth-order valence-corrected chi connectivity index (χ4v) is 6.43. The third kappa shape index (κ3) is 5.28. The third-order valence-electron chi connectivity index (χ3n) is 6.60. The minimum Gasteiger partial charge on any atom is -0.491 e. The van der Waals surface area contributed by atoms with Gasteiger partial charge in [0.15, 0.2) is 33.5 Å². The highest BCUT2D eigenvalue weighted by Gasteiger charge is 2.26. The summed E-state index contributed by atoms with van der Waals surface area (Å²) in [6, 6.07) is 12.6. The van der Waals surface area contributed by atoms with Crippen molar-refractivity contribution in [3.63, 3.8) is 0 Å². The normalized spacial score (nSPS) is 12.8. The highest BCUT2D eigenvalue weighted by Crippen LogP contribution is 2.38. The van der Waals surface area contributed by atoms with Gasteiger partial charge in [-0.25, -0.2) is 14.4 Å². The lowest BCUT2D eigenvalue weighted by atomic mass is 10.0. The second kappa shape index (κ2) is 11.0. The van der Waals surface area contributed by atoms with E-state index in [0.29, 0.717) is 12.2 Å². The van der Waals surface area contributed by atoms with Gasteiger partial charge >= 0.3 is 0 Å². The molecule has 0 unspecified atom stereocenters. The van der Waals surface area contributed by atoms with Crippen molar-refractivity contribution in [2.45, 2.75) is 32.6 Å². The molecule has 5 aromatic rings. The summed E-state index contributed by atoms with van der Waals surface area (Å²) < 4.78 is 20.8. The van der Waals surface area contributed by atoms with Gasteiger partial charge in [-0.05, 0) is 62.9 Å². The van der Waals surface area contributed by atoms with Crippen LogP contribution in [0.3, 0.4) is 0 Å². The summed E-state index contributed by atoms with van der Waals surface area (Å²) in [7, 11) is 0. The maximum absolute atomic E-state index is 14.1. The Kier molecular flexibility index (Phi) is 7.09. The Morgan fingerprint density at radius 3 is 2.92 bits per heavy atom. The van der Waals surface area contributed by atoms with E-state index in [2.05, 4.69) is 49.3 Å². The maximum Gasteiger partial charge on any atom is 0.191 e. The first kappa shape index (κ1) is 25.2. The molecule has 10 heteroatoms. The van der Waals surface area contributed by atoms with Gasteiger partial charge in [-0.2, -0.15) is 0 Å². The van der Waals surface area contributed by atoms with Gasteiger partial charge in [0.2, 0.25) is 0 Å². The third-order valence-corrected chi connectivity index (χ3v) is 8.63. The zero-order chi connectivity index (χ0) is 26.8. The number of aromatic nitrogens is 4. The van der Waals surface area contributed by atoms with E-state index in [0.717, 1.165) is 74.8 Å². The van der Waals surface area contributed by atoms with Crippen molar-refractivity contribution in [2.24, 2.45) is 0 Å². The molecule has 0 amide bonds. The average Bonchev–Trinajstić information content (AvgIpc) is 3.60. The van der Waals surface area contributed by atoms with E-state index >= 15 is 0 Å². The standard InChI is InChI=1S/C29H25FN6OS2/c1-3-19-12-13-24(22(30)16-19)37-15-7-8-20-17-31-29(38-20)36-14-6-9-21-18(2)26(34-35-27(21)36)33-28-32-23-10-4-5-11-25(23)39-28/h1,4-5,10-13,16-17H,6-9,14-15H2,2H3,(H,32,33,34). The molecule has 0 bridgehead atoms. The van der Waals surface area contributed by atoms with Gasteiger partial charge in [0.1, 0.15) is 0 Å². The molecule has 2 aromatic carbocycles. The molecule has 7 nitrogen and oxygen atoms in total. The number of terminal acetylenes is 1. The van der Waals surface area contributed by atoms with E-state index in [1.54, 1.807) is 34.8 Å². The van der Waals surface area contributed by atoms with Crippen LogP contribution in [0.15, 0.2) is 48.7 Å². The zero-order valence-corrected chi connectivity index (χ0v) is 22.9. The lowest BCUT2D eigenvalue weighted by Crippen LogP contribution is -2.27. The van der Waals surface area contributed by atoms with Gasteiger partial charge in [0.25, 0.3) is 0 Å². The number of nitrogens with one attached hydrogen (secondary N) is 1. The van der Waals surface area contributed by atoms with Gasteiger partial charge in [-0.3, -0.25) is 0 Å². The van der Waals surface area contributed by atoms with E-state index in [4.69, 9.17) is 11.2 Å². The van der Waals surface area contributed by atoms with Crippen LogP contribution in [-0.4, -0.2) is 33.3 Å². The van der Waals surface area contributed by atoms with Crippen LogP contribution in [-0.2, 0) is 12.8 Å². The molecule has 0 saturated carbocycles. The van der Waals surface area contributed by atoms with E-state index in [1.807, 2.05) is 24.4 Å². The summed E-state index contributed by atoms with van der Waals surface area (Å²) in [5.41, 5.74) is 3.73. The number of hydrogen-bond donors (Lipinski definition) is 1. The van der Waals surface area contributed by atoms with Crippen molar-refractivity contribution in [2.75, 3.05) is 23.4 Å². The van der Waals surface area contributed by atoms with Crippen LogP contribution >= 0.6 is 22.7 Å². The minimum absolute atomic E-state index is 0.217. The number of anilines is 4. The molecule has 0 saturated heterocycles. The number of para-hydroxylation sites is 1. The molecule has 0 aliphatic carbocycles. The highest BCUT2D eigenvalue weighted by molar-refractivity contribution is 7.22. The van der Waals surface area contributed by atoms with Crippen molar-refractivity contribution in [1.29, 1.82) is 0 Å². The van der Waals surface area contributed by atoms with Crippen LogP contribution in [0.5, 0.6) is 5.75 Å². The molecule has 0 fully saturated rings. The van der Waals surface area contributed by atoms with E-state index in [1.165, 1.54) is 11.6 Å².